The lowest BCUT2D eigenvalue weighted by atomic mass is 9.92. The number of hydrogen-bond donors (Lipinski definition) is 1. The lowest BCUT2D eigenvalue weighted by molar-refractivity contribution is 0.370. The van der Waals surface area contributed by atoms with Crippen LogP contribution in [-0.2, 0) is 6.42 Å². The maximum absolute atomic E-state index is 6.18. The Labute approximate surface area is 119 Å². The van der Waals surface area contributed by atoms with Gasteiger partial charge in [0.1, 0.15) is 0 Å². The van der Waals surface area contributed by atoms with Crippen molar-refractivity contribution in [3.8, 4) is 0 Å². The van der Waals surface area contributed by atoms with Gasteiger partial charge in [-0.1, -0.05) is 37.3 Å². The molecule has 1 aromatic rings. The molecule has 1 saturated carbocycles. The Balaban J connectivity index is 1.69. The van der Waals surface area contributed by atoms with E-state index in [0.717, 1.165) is 10.4 Å². The van der Waals surface area contributed by atoms with Crippen LogP contribution in [0.25, 0.3) is 0 Å². The van der Waals surface area contributed by atoms with Gasteiger partial charge in [-0.2, -0.15) is 0 Å². The van der Waals surface area contributed by atoms with Crippen molar-refractivity contribution in [2.75, 3.05) is 0 Å². The first kappa shape index (κ1) is 13.0. The molecule has 2 aliphatic carbocycles. The number of thiophene rings is 1. The van der Waals surface area contributed by atoms with E-state index in [1.54, 1.807) is 11.3 Å². The van der Waals surface area contributed by atoms with E-state index in [1.807, 2.05) is 0 Å². The molecule has 0 bridgehead atoms. The molecule has 0 aromatic carbocycles. The normalized spacial score (nSPS) is 25.7. The monoisotopic (exact) mass is 283 g/mol. The van der Waals surface area contributed by atoms with Gasteiger partial charge < -0.3 is 5.32 Å². The molecular weight excluding hydrogens is 262 g/mol. The third kappa shape index (κ3) is 2.92. The average Bonchev–Trinajstić information content (AvgIpc) is 2.58. The van der Waals surface area contributed by atoms with E-state index in [4.69, 9.17) is 11.6 Å². The van der Waals surface area contributed by atoms with Crippen LogP contribution in [0.2, 0.25) is 4.34 Å². The summed E-state index contributed by atoms with van der Waals surface area (Å²) < 4.78 is 0.967. The van der Waals surface area contributed by atoms with Crippen LogP contribution >= 0.6 is 22.9 Å². The molecule has 0 aliphatic heterocycles. The zero-order valence-electron chi connectivity index (χ0n) is 10.9. The maximum atomic E-state index is 6.18. The van der Waals surface area contributed by atoms with Crippen LogP contribution in [0.5, 0.6) is 0 Å². The first-order chi connectivity index (χ1) is 8.83. The second kappa shape index (κ2) is 5.94. The van der Waals surface area contributed by atoms with Crippen molar-refractivity contribution < 1.29 is 0 Å². The number of halogens is 1. The summed E-state index contributed by atoms with van der Waals surface area (Å²) in [6.07, 6.45) is 12.2. The Morgan fingerprint density at radius 2 is 1.83 bits per heavy atom. The van der Waals surface area contributed by atoms with E-state index in [-0.39, 0.29) is 0 Å². The summed E-state index contributed by atoms with van der Waals surface area (Å²) in [5, 5.41) is 3.92. The summed E-state index contributed by atoms with van der Waals surface area (Å²) in [7, 11) is 0. The number of nitrogens with one attached hydrogen (secondary N) is 1. The molecule has 0 spiro atoms. The Kier molecular flexibility index (Phi) is 4.27. The number of fused-ring (bicyclic) bond motifs is 1. The predicted molar refractivity (Wildman–Crippen MR) is 79.6 cm³/mol. The van der Waals surface area contributed by atoms with Crippen molar-refractivity contribution in [3.63, 3.8) is 0 Å². The van der Waals surface area contributed by atoms with Gasteiger partial charge in [0.2, 0.25) is 0 Å². The second-order valence-corrected chi connectivity index (χ2v) is 7.50. The minimum atomic E-state index is 0.570. The molecule has 0 saturated heterocycles. The van der Waals surface area contributed by atoms with E-state index < -0.39 is 0 Å². The Bertz CT molecular complexity index is 393. The zero-order valence-corrected chi connectivity index (χ0v) is 12.5. The van der Waals surface area contributed by atoms with E-state index in [9.17, 15) is 0 Å². The smallest absolute Gasteiger partial charge is 0.0934 e. The van der Waals surface area contributed by atoms with Crippen LogP contribution in [0.4, 0.5) is 0 Å². The topological polar surface area (TPSA) is 12.0 Å². The van der Waals surface area contributed by atoms with Gasteiger partial charge in [-0.05, 0) is 43.7 Å². The predicted octanol–water partition coefficient (Wildman–Crippen LogP) is 5.09. The Hall–Kier alpha value is -0.0500. The molecule has 0 radical (unpaired) electrons. The van der Waals surface area contributed by atoms with Crippen molar-refractivity contribution in [1.29, 1.82) is 0 Å². The van der Waals surface area contributed by atoms with Crippen LogP contribution in [0.15, 0.2) is 6.07 Å². The molecular formula is C15H22ClNS. The van der Waals surface area contributed by atoms with Gasteiger partial charge >= 0.3 is 0 Å². The van der Waals surface area contributed by atoms with Gasteiger partial charge in [-0.15, -0.1) is 11.3 Å². The van der Waals surface area contributed by atoms with Crippen molar-refractivity contribution in [2.24, 2.45) is 0 Å². The first-order valence-corrected chi connectivity index (χ1v) is 8.56. The molecule has 0 amide bonds. The highest BCUT2D eigenvalue weighted by Crippen LogP contribution is 2.38. The van der Waals surface area contributed by atoms with Crippen molar-refractivity contribution >= 4 is 22.9 Å². The highest BCUT2D eigenvalue weighted by Gasteiger charge is 2.25. The minimum absolute atomic E-state index is 0.570. The molecule has 1 fully saturated rings. The van der Waals surface area contributed by atoms with E-state index in [1.165, 1.54) is 68.2 Å². The molecule has 100 valence electrons. The maximum Gasteiger partial charge on any atom is 0.0934 e. The highest BCUT2D eigenvalue weighted by molar-refractivity contribution is 7.16. The quantitative estimate of drug-likeness (QED) is 0.745. The summed E-state index contributed by atoms with van der Waals surface area (Å²) >= 11 is 7.96. The van der Waals surface area contributed by atoms with Crippen molar-refractivity contribution in [1.82, 2.24) is 5.32 Å². The summed E-state index contributed by atoms with van der Waals surface area (Å²) in [6.45, 7) is 0. The summed E-state index contributed by atoms with van der Waals surface area (Å²) in [4.78, 5) is 1.53. The fourth-order valence-electron chi connectivity index (χ4n) is 3.43. The third-order valence-corrected chi connectivity index (χ3v) is 5.72. The molecule has 1 nitrogen and oxygen atoms in total. The van der Waals surface area contributed by atoms with Crippen LogP contribution in [0, 0.1) is 0 Å². The van der Waals surface area contributed by atoms with Crippen molar-refractivity contribution in [2.45, 2.75) is 69.9 Å². The van der Waals surface area contributed by atoms with Gasteiger partial charge in [-0.3, -0.25) is 0 Å². The molecule has 18 heavy (non-hydrogen) atoms. The van der Waals surface area contributed by atoms with Crippen LogP contribution in [0.3, 0.4) is 0 Å². The lowest BCUT2D eigenvalue weighted by Crippen LogP contribution is -2.33. The lowest BCUT2D eigenvalue weighted by Gasteiger charge is -2.28. The van der Waals surface area contributed by atoms with Gasteiger partial charge in [0.05, 0.1) is 4.34 Å². The summed E-state index contributed by atoms with van der Waals surface area (Å²) in [5.74, 6) is 0. The Morgan fingerprint density at radius 1 is 1.06 bits per heavy atom. The van der Waals surface area contributed by atoms with Gasteiger partial charge in [0, 0.05) is 17.0 Å². The van der Waals surface area contributed by atoms with Gasteiger partial charge in [-0.25, -0.2) is 0 Å². The molecule has 1 heterocycles. The molecule has 1 aromatic heterocycles. The fourth-order valence-corrected chi connectivity index (χ4v) is 4.81. The highest BCUT2D eigenvalue weighted by atomic mass is 35.5. The van der Waals surface area contributed by atoms with Crippen LogP contribution in [-0.4, -0.2) is 6.04 Å². The number of hydrogen-bond acceptors (Lipinski definition) is 2. The number of aryl methyl sites for hydroxylation is 1. The molecule has 1 unspecified atom stereocenters. The van der Waals surface area contributed by atoms with Gasteiger partial charge in [0.25, 0.3) is 0 Å². The first-order valence-electron chi connectivity index (χ1n) is 7.37. The largest absolute Gasteiger partial charge is 0.307 e. The minimum Gasteiger partial charge on any atom is -0.307 e. The van der Waals surface area contributed by atoms with Gasteiger partial charge in [0.15, 0.2) is 0 Å². The zero-order chi connectivity index (χ0) is 12.4. The summed E-state index contributed by atoms with van der Waals surface area (Å²) in [5.41, 5.74) is 1.50. The third-order valence-electron chi connectivity index (χ3n) is 4.38. The fraction of sp³-hybridized carbons (Fsp3) is 0.733. The SMILES string of the molecule is Clc1cc2c(s1)CCCC2NC1CCCCCC1. The van der Waals surface area contributed by atoms with E-state index in [0.29, 0.717) is 6.04 Å². The molecule has 2 aliphatic rings. The Morgan fingerprint density at radius 3 is 2.61 bits per heavy atom. The molecule has 3 rings (SSSR count). The average molecular weight is 284 g/mol. The molecule has 3 heteroatoms. The second-order valence-electron chi connectivity index (χ2n) is 5.73. The van der Waals surface area contributed by atoms with Crippen LogP contribution < -0.4 is 5.32 Å². The molecule has 1 atom stereocenters. The van der Waals surface area contributed by atoms with Crippen molar-refractivity contribution in [3.05, 3.63) is 20.8 Å². The molecule has 1 N–H and O–H groups in total. The van der Waals surface area contributed by atoms with E-state index in [2.05, 4.69) is 11.4 Å². The standard InChI is InChI=1S/C15H22ClNS/c16-15-10-12-13(8-5-9-14(12)18-15)17-11-6-3-1-2-4-7-11/h10-11,13,17H,1-9H2. The summed E-state index contributed by atoms with van der Waals surface area (Å²) in [6, 6.07) is 3.51. The van der Waals surface area contributed by atoms with E-state index >= 15 is 0 Å². The van der Waals surface area contributed by atoms with Crippen LogP contribution in [0.1, 0.15) is 67.8 Å². The number of rotatable bonds is 2.